The number of hydrogen-bond donors (Lipinski definition) is 0. The molecule has 1 heterocycles. The van der Waals surface area contributed by atoms with E-state index in [2.05, 4.69) is 0 Å². The second kappa shape index (κ2) is 1.22. The molecule has 1 saturated heterocycles. The summed E-state index contributed by atoms with van der Waals surface area (Å²) in [6, 6.07) is 0. The van der Waals surface area contributed by atoms with Crippen LogP contribution in [0.5, 0.6) is 0 Å². The molecule has 0 N–H and O–H groups in total. The molecular weight excluding hydrogens is 104 g/mol. The maximum atomic E-state index is 9.84. The highest BCUT2D eigenvalue weighted by atomic mass is 33.1. The molecule has 0 saturated carbocycles. The molecule has 0 atom stereocenters. The summed E-state index contributed by atoms with van der Waals surface area (Å²) < 4.78 is 0. The quantitative estimate of drug-likeness (QED) is 0.427. The Kier molecular flexibility index (Phi) is 0.870. The lowest BCUT2D eigenvalue weighted by Gasteiger charge is -2.02. The minimum Gasteiger partial charge on any atom is -0.285 e. The first-order chi connectivity index (χ1) is 2.39. The molecule has 1 fully saturated rings. The van der Waals surface area contributed by atoms with Gasteiger partial charge in [0.25, 0.3) is 0 Å². The lowest BCUT2D eigenvalue weighted by Crippen LogP contribution is -2.00. The van der Waals surface area contributed by atoms with Crippen LogP contribution in [0.1, 0.15) is 0 Å². The standard InChI is InChI=1S/C2H2OS2/c3-2-1-4-5-2/h1H2. The molecule has 0 aromatic carbocycles. The first-order valence-electron chi connectivity index (χ1n) is 1.22. The van der Waals surface area contributed by atoms with Gasteiger partial charge in [-0.3, -0.25) is 4.79 Å². The van der Waals surface area contributed by atoms with Crippen molar-refractivity contribution in [2.45, 2.75) is 0 Å². The van der Waals surface area contributed by atoms with Gasteiger partial charge >= 0.3 is 0 Å². The minimum absolute atomic E-state index is 0.315. The summed E-state index contributed by atoms with van der Waals surface area (Å²) in [5.41, 5.74) is 0. The van der Waals surface area contributed by atoms with E-state index in [4.69, 9.17) is 0 Å². The van der Waals surface area contributed by atoms with Crippen LogP contribution < -0.4 is 0 Å². The van der Waals surface area contributed by atoms with Crippen LogP contribution in [0.25, 0.3) is 0 Å². The first kappa shape index (κ1) is 3.56. The zero-order chi connectivity index (χ0) is 3.70. The molecule has 0 aromatic heterocycles. The van der Waals surface area contributed by atoms with E-state index in [1.54, 1.807) is 10.8 Å². The van der Waals surface area contributed by atoms with Crippen molar-refractivity contribution in [2.75, 3.05) is 5.75 Å². The Labute approximate surface area is 37.9 Å². The van der Waals surface area contributed by atoms with Crippen LogP contribution in [0.4, 0.5) is 0 Å². The molecule has 1 aliphatic heterocycles. The smallest absolute Gasteiger partial charge is 0.210 e. The summed E-state index contributed by atoms with van der Waals surface area (Å²) in [5, 5.41) is 0.315. The van der Waals surface area contributed by atoms with Gasteiger partial charge in [0.05, 0.1) is 5.75 Å². The Hall–Kier alpha value is 0.370. The van der Waals surface area contributed by atoms with Crippen molar-refractivity contribution >= 4 is 26.7 Å². The summed E-state index contributed by atoms with van der Waals surface area (Å²) in [4.78, 5) is 9.84. The lowest BCUT2D eigenvalue weighted by molar-refractivity contribution is -0.108. The van der Waals surface area contributed by atoms with Crippen molar-refractivity contribution in [2.24, 2.45) is 0 Å². The minimum atomic E-state index is 0.315. The molecule has 0 amide bonds. The predicted octanol–water partition coefficient (Wildman–Crippen LogP) is 0.908. The maximum absolute atomic E-state index is 9.84. The van der Waals surface area contributed by atoms with Gasteiger partial charge in [-0.2, -0.15) is 0 Å². The zero-order valence-electron chi connectivity index (χ0n) is 2.43. The Balaban J connectivity index is 2.32. The van der Waals surface area contributed by atoms with E-state index in [1.165, 1.54) is 10.8 Å². The van der Waals surface area contributed by atoms with E-state index in [-0.39, 0.29) is 0 Å². The Morgan fingerprint density at radius 3 is 2.20 bits per heavy atom. The first-order valence-corrected chi connectivity index (χ1v) is 3.54. The van der Waals surface area contributed by atoms with E-state index < -0.39 is 0 Å². The van der Waals surface area contributed by atoms with Crippen LogP contribution in [0, 0.1) is 0 Å². The third-order valence-corrected chi connectivity index (χ3v) is 2.60. The normalized spacial score (nSPS) is 22.0. The van der Waals surface area contributed by atoms with Crippen LogP contribution in [-0.2, 0) is 4.79 Å². The molecule has 0 bridgehead atoms. The van der Waals surface area contributed by atoms with Crippen molar-refractivity contribution in [3.05, 3.63) is 0 Å². The summed E-state index contributed by atoms with van der Waals surface area (Å²) in [5.74, 6) is 0.727. The van der Waals surface area contributed by atoms with E-state index in [9.17, 15) is 4.79 Å². The second-order valence-corrected chi connectivity index (χ2v) is 3.07. The molecule has 1 aliphatic rings. The molecule has 0 radical (unpaired) electrons. The number of hydrogen-bond acceptors (Lipinski definition) is 3. The van der Waals surface area contributed by atoms with Crippen molar-refractivity contribution in [3.8, 4) is 0 Å². The van der Waals surface area contributed by atoms with Crippen molar-refractivity contribution in [1.29, 1.82) is 0 Å². The van der Waals surface area contributed by atoms with Crippen LogP contribution in [0.3, 0.4) is 0 Å². The summed E-state index contributed by atoms with van der Waals surface area (Å²) in [7, 11) is 2.95. The fraction of sp³-hybridized carbons (Fsp3) is 0.500. The number of carbonyl (C=O) groups excluding carboxylic acids is 1. The highest BCUT2D eigenvalue weighted by molar-refractivity contribution is 8.86. The fourth-order valence-electron chi connectivity index (χ4n) is 0.107. The molecule has 5 heavy (non-hydrogen) atoms. The molecule has 0 spiro atoms. The number of carbonyl (C=O) groups is 1. The Morgan fingerprint density at radius 1 is 1.80 bits per heavy atom. The predicted molar refractivity (Wildman–Crippen MR) is 25.1 cm³/mol. The van der Waals surface area contributed by atoms with Crippen molar-refractivity contribution < 1.29 is 4.79 Å². The third kappa shape index (κ3) is 0.605. The lowest BCUT2D eigenvalue weighted by atomic mass is 10.9. The van der Waals surface area contributed by atoms with E-state index in [1.807, 2.05) is 0 Å². The zero-order valence-corrected chi connectivity index (χ0v) is 4.06. The molecule has 28 valence electrons. The summed E-state index contributed by atoms with van der Waals surface area (Å²) in [6.45, 7) is 0. The summed E-state index contributed by atoms with van der Waals surface area (Å²) >= 11 is 0. The van der Waals surface area contributed by atoms with Gasteiger partial charge in [0.1, 0.15) is 0 Å². The van der Waals surface area contributed by atoms with Crippen molar-refractivity contribution in [1.82, 2.24) is 0 Å². The molecule has 0 unspecified atom stereocenters. The van der Waals surface area contributed by atoms with Crippen LogP contribution >= 0.6 is 21.6 Å². The largest absolute Gasteiger partial charge is 0.285 e. The van der Waals surface area contributed by atoms with Crippen LogP contribution in [0.15, 0.2) is 0 Å². The maximum Gasteiger partial charge on any atom is 0.210 e. The molecule has 1 rings (SSSR count). The SMILES string of the molecule is O=C1CSS1. The van der Waals surface area contributed by atoms with E-state index in [0.717, 1.165) is 5.75 Å². The topological polar surface area (TPSA) is 17.1 Å². The summed E-state index contributed by atoms with van der Waals surface area (Å²) in [6.07, 6.45) is 0. The monoisotopic (exact) mass is 106 g/mol. The highest BCUT2D eigenvalue weighted by Crippen LogP contribution is 2.33. The third-order valence-electron chi connectivity index (χ3n) is 0.329. The number of rotatable bonds is 0. The van der Waals surface area contributed by atoms with Gasteiger partial charge in [0, 0.05) is 0 Å². The molecular formula is C2H2OS2. The molecule has 3 heteroatoms. The molecule has 1 nitrogen and oxygen atoms in total. The Bertz CT molecular complexity index is 54.7. The fourth-order valence-corrected chi connectivity index (χ4v) is 0.963. The second-order valence-electron chi connectivity index (χ2n) is 0.718. The van der Waals surface area contributed by atoms with Gasteiger partial charge in [0.2, 0.25) is 5.12 Å². The van der Waals surface area contributed by atoms with Gasteiger partial charge in [-0.1, -0.05) is 10.8 Å². The average Bonchev–Trinajstić information content (AvgIpc) is 1.30. The van der Waals surface area contributed by atoms with Gasteiger partial charge in [-0.05, 0) is 10.8 Å². The van der Waals surface area contributed by atoms with Gasteiger partial charge in [0.15, 0.2) is 0 Å². The molecule has 0 aromatic rings. The highest BCUT2D eigenvalue weighted by Gasteiger charge is 2.12. The van der Waals surface area contributed by atoms with Gasteiger partial charge in [-0.15, -0.1) is 0 Å². The van der Waals surface area contributed by atoms with Crippen LogP contribution in [0.2, 0.25) is 0 Å². The van der Waals surface area contributed by atoms with E-state index >= 15 is 0 Å². The van der Waals surface area contributed by atoms with Crippen molar-refractivity contribution in [3.63, 3.8) is 0 Å². The molecule has 0 aliphatic carbocycles. The van der Waals surface area contributed by atoms with Gasteiger partial charge in [-0.25, -0.2) is 0 Å². The van der Waals surface area contributed by atoms with Gasteiger partial charge < -0.3 is 0 Å². The van der Waals surface area contributed by atoms with E-state index in [0.29, 0.717) is 5.12 Å². The Morgan fingerprint density at radius 2 is 2.20 bits per heavy atom. The average molecular weight is 106 g/mol. The van der Waals surface area contributed by atoms with Crippen LogP contribution in [-0.4, -0.2) is 10.9 Å².